The maximum Gasteiger partial charge on any atom is 0.231 e. The van der Waals surface area contributed by atoms with E-state index in [-0.39, 0.29) is 5.91 Å². The van der Waals surface area contributed by atoms with Crippen LogP contribution in [0.15, 0.2) is 30.4 Å². The van der Waals surface area contributed by atoms with E-state index < -0.39 is 30.0 Å². The monoisotopic (exact) mass is 286 g/mol. The molecule has 1 aromatic rings. The van der Waals surface area contributed by atoms with Crippen LogP contribution in [0.4, 0.5) is 5.69 Å². The number of ether oxygens (including phenoxy) is 1. The zero-order valence-corrected chi connectivity index (χ0v) is 11.8. The lowest BCUT2D eigenvalue weighted by Gasteiger charge is -2.25. The molecule has 2 bridgehead atoms. The molecule has 0 spiro atoms. The van der Waals surface area contributed by atoms with Crippen molar-refractivity contribution < 1.29 is 19.4 Å². The van der Waals surface area contributed by atoms with Crippen LogP contribution in [0, 0.1) is 25.7 Å². The van der Waals surface area contributed by atoms with Gasteiger partial charge in [0.05, 0.1) is 18.1 Å². The number of hydrogen-bond acceptors (Lipinski definition) is 4. The van der Waals surface area contributed by atoms with Crippen LogP contribution in [-0.4, -0.2) is 24.1 Å². The highest BCUT2D eigenvalue weighted by atomic mass is 16.5. The molecule has 1 fully saturated rings. The number of rotatable bonds is 3. The van der Waals surface area contributed by atoms with E-state index in [0.29, 0.717) is 5.69 Å². The van der Waals surface area contributed by atoms with Crippen molar-refractivity contribution in [1.82, 2.24) is 0 Å². The van der Waals surface area contributed by atoms with E-state index in [9.17, 15) is 14.7 Å². The number of aliphatic carboxylic acids is 1. The molecule has 0 unspecified atom stereocenters. The number of amides is 1. The maximum atomic E-state index is 12.5. The lowest BCUT2D eigenvalue weighted by atomic mass is 9.82. The van der Waals surface area contributed by atoms with Crippen molar-refractivity contribution in [2.75, 3.05) is 5.32 Å². The van der Waals surface area contributed by atoms with Gasteiger partial charge in [0.25, 0.3) is 0 Å². The summed E-state index contributed by atoms with van der Waals surface area (Å²) in [5.74, 6) is -3.25. The van der Waals surface area contributed by atoms with Crippen LogP contribution in [0.5, 0.6) is 0 Å². The van der Waals surface area contributed by atoms with E-state index in [0.717, 1.165) is 11.1 Å². The second-order valence-electron chi connectivity index (χ2n) is 5.56. The highest BCUT2D eigenvalue weighted by Crippen LogP contribution is 2.39. The molecule has 5 nitrogen and oxygen atoms in total. The molecule has 1 aromatic carbocycles. The number of fused-ring (bicyclic) bond motifs is 2. The molecule has 3 rings (SSSR count). The van der Waals surface area contributed by atoms with Crippen molar-refractivity contribution in [2.24, 2.45) is 11.8 Å². The van der Waals surface area contributed by atoms with Crippen LogP contribution in [0.1, 0.15) is 11.1 Å². The lowest BCUT2D eigenvalue weighted by molar-refractivity contribution is -0.313. The molecule has 4 atom stereocenters. The largest absolute Gasteiger partial charge is 0.550 e. The van der Waals surface area contributed by atoms with Crippen LogP contribution in [-0.2, 0) is 14.3 Å². The van der Waals surface area contributed by atoms with E-state index in [2.05, 4.69) is 5.32 Å². The minimum Gasteiger partial charge on any atom is -0.550 e. The molecule has 1 amide bonds. The van der Waals surface area contributed by atoms with Crippen molar-refractivity contribution in [3.8, 4) is 0 Å². The fourth-order valence-electron chi connectivity index (χ4n) is 3.00. The molecular formula is C16H16NO4-. The maximum absolute atomic E-state index is 12.5. The Kier molecular flexibility index (Phi) is 3.29. The first-order chi connectivity index (χ1) is 9.99. The van der Waals surface area contributed by atoms with Gasteiger partial charge < -0.3 is 20.0 Å². The molecule has 0 saturated carbocycles. The quantitative estimate of drug-likeness (QED) is 0.824. The first kappa shape index (κ1) is 13.8. The third kappa shape index (κ3) is 2.23. The summed E-state index contributed by atoms with van der Waals surface area (Å²) in [5, 5.41) is 14.1. The Morgan fingerprint density at radius 2 is 1.81 bits per heavy atom. The number of carboxylic acid groups (broad SMARTS) is 1. The molecule has 2 heterocycles. The van der Waals surface area contributed by atoms with Crippen LogP contribution in [0.2, 0.25) is 0 Å². The number of carbonyl (C=O) groups is 2. The summed E-state index contributed by atoms with van der Waals surface area (Å²) < 4.78 is 5.48. The van der Waals surface area contributed by atoms with Gasteiger partial charge in [0.2, 0.25) is 5.91 Å². The van der Waals surface area contributed by atoms with Crippen LogP contribution in [0.3, 0.4) is 0 Å². The van der Waals surface area contributed by atoms with Gasteiger partial charge in [0.1, 0.15) is 0 Å². The van der Waals surface area contributed by atoms with Gasteiger partial charge >= 0.3 is 0 Å². The van der Waals surface area contributed by atoms with E-state index in [1.165, 1.54) is 0 Å². The van der Waals surface area contributed by atoms with Crippen LogP contribution >= 0.6 is 0 Å². The molecule has 110 valence electrons. The Balaban J connectivity index is 1.84. The Morgan fingerprint density at radius 1 is 1.14 bits per heavy atom. The number of carbonyl (C=O) groups excluding carboxylic acids is 2. The van der Waals surface area contributed by atoms with E-state index >= 15 is 0 Å². The van der Waals surface area contributed by atoms with Crippen LogP contribution in [0.25, 0.3) is 0 Å². The van der Waals surface area contributed by atoms with Gasteiger partial charge in [-0.25, -0.2) is 0 Å². The summed E-state index contributed by atoms with van der Waals surface area (Å²) in [7, 11) is 0. The molecule has 5 heteroatoms. The van der Waals surface area contributed by atoms with Crippen LogP contribution < -0.4 is 10.4 Å². The molecule has 1 saturated heterocycles. The molecular weight excluding hydrogens is 270 g/mol. The van der Waals surface area contributed by atoms with Gasteiger partial charge in [-0.15, -0.1) is 0 Å². The predicted molar refractivity (Wildman–Crippen MR) is 74.3 cm³/mol. The fraction of sp³-hybridized carbons (Fsp3) is 0.375. The van der Waals surface area contributed by atoms with Crippen molar-refractivity contribution in [1.29, 1.82) is 0 Å². The predicted octanol–water partition coefficient (Wildman–Crippen LogP) is 0.561. The minimum absolute atomic E-state index is 0.338. The second kappa shape index (κ2) is 5.00. The van der Waals surface area contributed by atoms with Gasteiger partial charge in [-0.1, -0.05) is 24.3 Å². The molecule has 2 aliphatic rings. The van der Waals surface area contributed by atoms with Gasteiger partial charge in [0.15, 0.2) is 0 Å². The van der Waals surface area contributed by atoms with Gasteiger partial charge in [-0.3, -0.25) is 4.79 Å². The van der Waals surface area contributed by atoms with Gasteiger partial charge in [0, 0.05) is 17.6 Å². The number of nitrogens with one attached hydrogen (secondary N) is 1. The summed E-state index contributed by atoms with van der Waals surface area (Å²) in [4.78, 5) is 23.7. The van der Waals surface area contributed by atoms with Gasteiger partial charge in [-0.2, -0.15) is 0 Å². The number of hydrogen-bond donors (Lipinski definition) is 1. The topological polar surface area (TPSA) is 78.5 Å². The minimum atomic E-state index is -1.24. The third-order valence-corrected chi connectivity index (χ3v) is 4.34. The first-order valence-electron chi connectivity index (χ1n) is 6.91. The highest BCUT2D eigenvalue weighted by Gasteiger charge is 2.50. The standard InChI is InChI=1S/C16H17NO4/c1-8-4-3-5-10(9(8)2)17-15(18)13-11-6-7-12(21-11)14(13)16(19)20/h3-7,11-14H,1-2H3,(H,17,18)(H,19,20)/p-1/t11-,12+,13-,14+/m1/s1. The Bertz CT molecular complexity index is 637. The molecule has 0 aromatic heterocycles. The number of anilines is 1. The fourth-order valence-corrected chi connectivity index (χ4v) is 3.00. The molecule has 2 aliphatic heterocycles. The summed E-state index contributed by atoms with van der Waals surface area (Å²) in [5.41, 5.74) is 2.73. The first-order valence-corrected chi connectivity index (χ1v) is 6.91. The zero-order valence-electron chi connectivity index (χ0n) is 11.8. The molecule has 0 aliphatic carbocycles. The third-order valence-electron chi connectivity index (χ3n) is 4.34. The summed E-state index contributed by atoms with van der Waals surface area (Å²) in [6.45, 7) is 3.87. The average Bonchev–Trinajstić information content (AvgIpc) is 3.04. The number of benzene rings is 1. The summed E-state index contributed by atoms with van der Waals surface area (Å²) in [6.07, 6.45) is 2.39. The smallest absolute Gasteiger partial charge is 0.231 e. The normalized spacial score (nSPS) is 29.6. The van der Waals surface area contributed by atoms with Crippen molar-refractivity contribution in [2.45, 2.75) is 26.1 Å². The summed E-state index contributed by atoms with van der Waals surface area (Å²) >= 11 is 0. The number of carboxylic acids is 1. The van der Waals surface area contributed by atoms with E-state index in [1.807, 2.05) is 26.0 Å². The SMILES string of the molecule is Cc1cccc(NC(=O)[C@H]2[C@@H](C(=O)[O-])[C@@H]3C=C[C@H]2O3)c1C. The van der Waals surface area contributed by atoms with Gasteiger partial charge in [-0.05, 0) is 31.0 Å². The molecule has 21 heavy (non-hydrogen) atoms. The average molecular weight is 286 g/mol. The summed E-state index contributed by atoms with van der Waals surface area (Å²) in [6, 6.07) is 5.61. The van der Waals surface area contributed by atoms with Crippen molar-refractivity contribution in [3.63, 3.8) is 0 Å². The van der Waals surface area contributed by atoms with Crippen molar-refractivity contribution in [3.05, 3.63) is 41.5 Å². The second-order valence-corrected chi connectivity index (χ2v) is 5.56. The number of aryl methyl sites for hydroxylation is 1. The zero-order chi connectivity index (χ0) is 15.1. The highest BCUT2D eigenvalue weighted by molar-refractivity contribution is 5.97. The Hall–Kier alpha value is -2.14. The molecule has 0 radical (unpaired) electrons. The Morgan fingerprint density at radius 3 is 2.48 bits per heavy atom. The van der Waals surface area contributed by atoms with E-state index in [4.69, 9.17) is 4.74 Å². The van der Waals surface area contributed by atoms with E-state index in [1.54, 1.807) is 18.2 Å². The molecule has 1 N–H and O–H groups in total. The Labute approximate surface area is 122 Å². The van der Waals surface area contributed by atoms with Crippen molar-refractivity contribution >= 4 is 17.6 Å². The lowest BCUT2D eigenvalue weighted by Crippen LogP contribution is -2.45.